The molecular formula is C13H18N2. The largest absolute Gasteiger partial charge is 0.374 e. The van der Waals surface area contributed by atoms with Gasteiger partial charge in [-0.1, -0.05) is 32.1 Å². The Balaban J connectivity index is 2.69. The van der Waals surface area contributed by atoms with Crippen molar-refractivity contribution in [2.45, 2.75) is 20.3 Å². The molecule has 0 aliphatic heterocycles. The van der Waals surface area contributed by atoms with Crippen LogP contribution in [0.5, 0.6) is 0 Å². The first-order valence-corrected chi connectivity index (χ1v) is 5.22. The van der Waals surface area contributed by atoms with Crippen LogP contribution in [0.3, 0.4) is 0 Å². The van der Waals surface area contributed by atoms with E-state index in [2.05, 4.69) is 55.2 Å². The second-order valence-electron chi connectivity index (χ2n) is 4.44. The molecule has 0 aromatic rings. The van der Waals surface area contributed by atoms with Gasteiger partial charge in [-0.05, 0) is 12.2 Å². The zero-order valence-corrected chi connectivity index (χ0v) is 9.70. The molecule has 0 amide bonds. The zero-order chi connectivity index (χ0) is 11.3. The van der Waals surface area contributed by atoms with E-state index in [9.17, 15) is 0 Å². The van der Waals surface area contributed by atoms with Gasteiger partial charge in [0.25, 0.3) is 0 Å². The molecule has 0 saturated heterocycles. The molecule has 0 saturated carbocycles. The summed E-state index contributed by atoms with van der Waals surface area (Å²) in [7, 11) is 2.01. The zero-order valence-electron chi connectivity index (χ0n) is 9.70. The summed E-state index contributed by atoms with van der Waals surface area (Å²) < 4.78 is 0. The number of nitriles is 1. The van der Waals surface area contributed by atoms with Crippen molar-refractivity contribution in [3.63, 3.8) is 0 Å². The number of nitrogens with zero attached hydrogens (tertiary/aromatic N) is 2. The third-order valence-electron chi connectivity index (χ3n) is 2.48. The van der Waals surface area contributed by atoms with Crippen molar-refractivity contribution in [1.82, 2.24) is 4.90 Å². The van der Waals surface area contributed by atoms with E-state index in [-0.39, 0.29) is 5.41 Å². The highest BCUT2D eigenvalue weighted by Crippen LogP contribution is 2.23. The number of hydrogen-bond acceptors (Lipinski definition) is 2. The van der Waals surface area contributed by atoms with Gasteiger partial charge in [-0.3, -0.25) is 0 Å². The molecule has 0 spiro atoms. The van der Waals surface area contributed by atoms with Gasteiger partial charge < -0.3 is 4.90 Å². The Morgan fingerprint density at radius 3 is 2.80 bits per heavy atom. The third kappa shape index (κ3) is 3.63. The number of likely N-dealkylation sites (N-methyl/N-ethyl adjacent to an activating group) is 1. The fourth-order valence-electron chi connectivity index (χ4n) is 1.41. The standard InChI is InChI=1S/C13H18N2/c1-13(2)8-4-6-12(7-9-13)15(3)11-5-10-14/h4,6-9H,5,11H2,1-3H3. The first kappa shape index (κ1) is 11.6. The molecular weight excluding hydrogens is 184 g/mol. The topological polar surface area (TPSA) is 27.0 Å². The van der Waals surface area contributed by atoms with Crippen LogP contribution in [0, 0.1) is 16.7 Å². The summed E-state index contributed by atoms with van der Waals surface area (Å²) in [5.41, 5.74) is 1.28. The van der Waals surface area contributed by atoms with E-state index in [0.29, 0.717) is 6.42 Å². The maximum atomic E-state index is 8.52. The average molecular weight is 202 g/mol. The fraction of sp³-hybridized carbons (Fsp3) is 0.462. The van der Waals surface area contributed by atoms with Crippen LogP contribution in [0.25, 0.3) is 0 Å². The number of hydrogen-bond donors (Lipinski definition) is 0. The first-order chi connectivity index (χ1) is 7.05. The Hall–Kier alpha value is -1.49. The molecule has 0 fully saturated rings. The van der Waals surface area contributed by atoms with Gasteiger partial charge in [-0.15, -0.1) is 0 Å². The fourth-order valence-corrected chi connectivity index (χ4v) is 1.41. The van der Waals surface area contributed by atoms with Crippen LogP contribution < -0.4 is 0 Å². The van der Waals surface area contributed by atoms with E-state index >= 15 is 0 Å². The van der Waals surface area contributed by atoms with Crippen LogP contribution in [0.1, 0.15) is 20.3 Å². The summed E-state index contributed by atoms with van der Waals surface area (Å²) in [6.45, 7) is 5.12. The lowest BCUT2D eigenvalue weighted by Crippen LogP contribution is -2.17. The van der Waals surface area contributed by atoms with Crippen molar-refractivity contribution >= 4 is 0 Å². The van der Waals surface area contributed by atoms with E-state index in [1.807, 2.05) is 7.05 Å². The molecule has 2 nitrogen and oxygen atoms in total. The molecule has 0 bridgehead atoms. The molecule has 0 radical (unpaired) electrons. The van der Waals surface area contributed by atoms with Gasteiger partial charge in [0.05, 0.1) is 12.5 Å². The van der Waals surface area contributed by atoms with Crippen molar-refractivity contribution in [3.8, 4) is 6.07 Å². The maximum Gasteiger partial charge on any atom is 0.0640 e. The highest BCUT2D eigenvalue weighted by molar-refractivity contribution is 5.29. The molecule has 15 heavy (non-hydrogen) atoms. The highest BCUT2D eigenvalue weighted by Gasteiger charge is 2.11. The van der Waals surface area contributed by atoms with Gasteiger partial charge in [0.1, 0.15) is 0 Å². The average Bonchev–Trinajstić information content (AvgIpc) is 2.36. The molecule has 0 atom stereocenters. The molecule has 0 aromatic carbocycles. The number of allylic oxidation sites excluding steroid dienone is 5. The van der Waals surface area contributed by atoms with Crippen LogP contribution in [-0.4, -0.2) is 18.5 Å². The second-order valence-corrected chi connectivity index (χ2v) is 4.44. The molecule has 0 heterocycles. The normalized spacial score (nSPS) is 17.9. The maximum absolute atomic E-state index is 8.52. The summed E-state index contributed by atoms with van der Waals surface area (Å²) in [6, 6.07) is 2.16. The van der Waals surface area contributed by atoms with Gasteiger partial charge in [0.2, 0.25) is 0 Å². The Morgan fingerprint density at radius 2 is 2.13 bits per heavy atom. The molecule has 1 rings (SSSR count). The van der Waals surface area contributed by atoms with Crippen LogP contribution in [-0.2, 0) is 0 Å². The molecule has 1 aliphatic carbocycles. The Labute approximate surface area is 92.2 Å². The van der Waals surface area contributed by atoms with Crippen LogP contribution >= 0.6 is 0 Å². The van der Waals surface area contributed by atoms with Gasteiger partial charge >= 0.3 is 0 Å². The SMILES string of the molecule is CN(CCC#N)C1=CC=CC(C)(C)C=C1. The highest BCUT2D eigenvalue weighted by atomic mass is 15.1. The smallest absolute Gasteiger partial charge is 0.0640 e. The minimum atomic E-state index is 0.119. The lowest BCUT2D eigenvalue weighted by atomic mass is 9.93. The molecule has 0 N–H and O–H groups in total. The van der Waals surface area contributed by atoms with Gasteiger partial charge in [0.15, 0.2) is 0 Å². The van der Waals surface area contributed by atoms with Crippen LogP contribution in [0.2, 0.25) is 0 Å². The third-order valence-corrected chi connectivity index (χ3v) is 2.48. The predicted octanol–water partition coefficient (Wildman–Crippen LogP) is 2.87. The van der Waals surface area contributed by atoms with E-state index in [1.54, 1.807) is 0 Å². The quantitative estimate of drug-likeness (QED) is 0.703. The minimum Gasteiger partial charge on any atom is -0.374 e. The Bertz CT molecular complexity index is 340. The van der Waals surface area contributed by atoms with Gasteiger partial charge in [0, 0.05) is 24.7 Å². The molecule has 0 aromatic heterocycles. The van der Waals surface area contributed by atoms with Crippen LogP contribution in [0.15, 0.2) is 36.1 Å². The van der Waals surface area contributed by atoms with Crippen molar-refractivity contribution < 1.29 is 0 Å². The molecule has 2 heteroatoms. The predicted molar refractivity (Wildman–Crippen MR) is 63.0 cm³/mol. The summed E-state index contributed by atoms with van der Waals surface area (Å²) in [4.78, 5) is 2.10. The van der Waals surface area contributed by atoms with E-state index in [0.717, 1.165) is 12.2 Å². The van der Waals surface area contributed by atoms with E-state index in [1.165, 1.54) is 0 Å². The molecule has 0 unspecified atom stereocenters. The van der Waals surface area contributed by atoms with Crippen molar-refractivity contribution in [2.24, 2.45) is 5.41 Å². The summed E-state index contributed by atoms with van der Waals surface area (Å²) in [5.74, 6) is 0. The summed E-state index contributed by atoms with van der Waals surface area (Å²) >= 11 is 0. The van der Waals surface area contributed by atoms with Gasteiger partial charge in [-0.2, -0.15) is 5.26 Å². The first-order valence-electron chi connectivity index (χ1n) is 5.22. The van der Waals surface area contributed by atoms with Crippen LogP contribution in [0.4, 0.5) is 0 Å². The summed E-state index contributed by atoms with van der Waals surface area (Å²) in [5, 5.41) is 8.52. The van der Waals surface area contributed by atoms with Crippen molar-refractivity contribution in [2.75, 3.05) is 13.6 Å². The monoisotopic (exact) mass is 202 g/mol. The Morgan fingerprint density at radius 1 is 1.40 bits per heavy atom. The number of rotatable bonds is 3. The van der Waals surface area contributed by atoms with Crippen molar-refractivity contribution in [3.05, 3.63) is 36.1 Å². The van der Waals surface area contributed by atoms with Crippen molar-refractivity contribution in [1.29, 1.82) is 5.26 Å². The molecule has 1 aliphatic rings. The minimum absolute atomic E-state index is 0.119. The second kappa shape index (κ2) is 4.84. The summed E-state index contributed by atoms with van der Waals surface area (Å²) in [6.07, 6.45) is 11.2. The Kier molecular flexibility index (Phi) is 3.74. The van der Waals surface area contributed by atoms with E-state index in [4.69, 9.17) is 5.26 Å². The van der Waals surface area contributed by atoms with E-state index < -0.39 is 0 Å². The molecule has 80 valence electrons. The lowest BCUT2D eigenvalue weighted by molar-refractivity contribution is 0.440. The lowest BCUT2D eigenvalue weighted by Gasteiger charge is -2.19. The van der Waals surface area contributed by atoms with Gasteiger partial charge in [-0.25, -0.2) is 0 Å².